The van der Waals surface area contributed by atoms with E-state index in [1.165, 1.54) is 0 Å². The van der Waals surface area contributed by atoms with Crippen molar-refractivity contribution >= 4 is 29.1 Å². The lowest BCUT2D eigenvalue weighted by Gasteiger charge is -2.24. The third kappa shape index (κ3) is 6.88. The van der Waals surface area contributed by atoms with Gasteiger partial charge < -0.3 is 4.90 Å². The molecule has 0 aliphatic rings. The first kappa shape index (κ1) is 19.3. The molecule has 0 aromatic heterocycles. The summed E-state index contributed by atoms with van der Waals surface area (Å²) in [5.41, 5.74) is 0.954. The minimum Gasteiger partial charge on any atom is -0.340 e. The first-order valence-electron chi connectivity index (χ1n) is 7.12. The van der Waals surface area contributed by atoms with Gasteiger partial charge in [-0.05, 0) is 24.7 Å². The van der Waals surface area contributed by atoms with Gasteiger partial charge in [0, 0.05) is 19.6 Å². The van der Waals surface area contributed by atoms with E-state index in [0.29, 0.717) is 29.7 Å². The van der Waals surface area contributed by atoms with Crippen LogP contribution in [0.3, 0.4) is 0 Å². The van der Waals surface area contributed by atoms with Crippen LogP contribution < -0.4 is 0 Å². The Morgan fingerprint density at radius 1 is 1.13 bits per heavy atom. The van der Waals surface area contributed by atoms with Gasteiger partial charge in [0.15, 0.2) is 0 Å². The lowest BCUT2D eigenvalue weighted by Crippen LogP contribution is -2.39. The summed E-state index contributed by atoms with van der Waals surface area (Å²) in [6.07, 6.45) is 0.515. The van der Waals surface area contributed by atoms with Crippen LogP contribution in [0, 0.1) is 22.7 Å². The Morgan fingerprint density at radius 3 is 2.26 bits per heavy atom. The van der Waals surface area contributed by atoms with Crippen molar-refractivity contribution in [3.63, 3.8) is 0 Å². The van der Waals surface area contributed by atoms with Crippen molar-refractivity contribution in [3.05, 3.63) is 33.8 Å². The monoisotopic (exact) mass is 352 g/mol. The molecule has 0 atom stereocenters. The highest BCUT2D eigenvalue weighted by molar-refractivity contribution is 6.42. The van der Waals surface area contributed by atoms with E-state index in [-0.39, 0.29) is 25.3 Å². The van der Waals surface area contributed by atoms with Crippen molar-refractivity contribution in [2.45, 2.75) is 19.4 Å². The Bertz CT molecular complexity index is 603. The van der Waals surface area contributed by atoms with Crippen molar-refractivity contribution in [3.8, 4) is 12.1 Å². The minimum absolute atomic E-state index is 0.0990. The number of rotatable bonds is 8. The number of hydrogen-bond donors (Lipinski definition) is 0. The molecule has 1 aromatic rings. The molecule has 7 heteroatoms. The maximum absolute atomic E-state index is 12.3. The second-order valence-electron chi connectivity index (χ2n) is 5.12. The highest BCUT2D eigenvalue weighted by atomic mass is 35.5. The number of nitriles is 2. The summed E-state index contributed by atoms with van der Waals surface area (Å²) in [7, 11) is 1.83. The van der Waals surface area contributed by atoms with Crippen molar-refractivity contribution in [2.24, 2.45) is 0 Å². The van der Waals surface area contributed by atoms with Gasteiger partial charge in [0.05, 0.1) is 41.6 Å². The molecule has 0 radical (unpaired) electrons. The zero-order chi connectivity index (χ0) is 17.2. The van der Waals surface area contributed by atoms with E-state index in [0.717, 1.165) is 5.56 Å². The molecular formula is C16H18Cl2N4O. The molecule has 0 unspecified atom stereocenters. The summed E-state index contributed by atoms with van der Waals surface area (Å²) in [6.45, 7) is 1.44. The topological polar surface area (TPSA) is 71.1 Å². The average Bonchev–Trinajstić information content (AvgIpc) is 2.51. The Balaban J connectivity index is 2.60. The predicted octanol–water partition coefficient (Wildman–Crippen LogP) is 3.08. The first-order chi connectivity index (χ1) is 11.0. The minimum atomic E-state index is -0.0990. The fourth-order valence-corrected chi connectivity index (χ4v) is 2.39. The Hall–Kier alpha value is -1.79. The average molecular weight is 353 g/mol. The van der Waals surface area contributed by atoms with E-state index in [9.17, 15) is 4.79 Å². The number of amides is 1. The molecule has 0 spiro atoms. The summed E-state index contributed by atoms with van der Waals surface area (Å²) in [5, 5.41) is 18.3. The Morgan fingerprint density at radius 2 is 1.74 bits per heavy atom. The van der Waals surface area contributed by atoms with Crippen LogP contribution >= 0.6 is 23.2 Å². The fourth-order valence-electron chi connectivity index (χ4n) is 2.07. The van der Waals surface area contributed by atoms with Crippen LogP contribution in [0.1, 0.15) is 18.4 Å². The molecule has 1 amide bonds. The number of carbonyl (C=O) groups excluding carboxylic acids is 1. The lowest BCUT2D eigenvalue weighted by molar-refractivity contribution is -0.132. The largest absolute Gasteiger partial charge is 0.340 e. The van der Waals surface area contributed by atoms with Crippen LogP contribution in [0.5, 0.6) is 0 Å². The Kier molecular flexibility index (Phi) is 8.43. The third-order valence-corrected chi connectivity index (χ3v) is 3.92. The Labute approximate surface area is 146 Å². The van der Waals surface area contributed by atoms with E-state index < -0.39 is 0 Å². The molecule has 0 N–H and O–H groups in total. The maximum Gasteiger partial charge on any atom is 0.236 e. The number of carbonyl (C=O) groups is 1. The van der Waals surface area contributed by atoms with Gasteiger partial charge in [-0.25, -0.2) is 0 Å². The molecule has 122 valence electrons. The zero-order valence-electron chi connectivity index (χ0n) is 12.9. The molecule has 0 heterocycles. The predicted molar refractivity (Wildman–Crippen MR) is 89.8 cm³/mol. The number of likely N-dealkylation sites (N-methyl/N-ethyl adjacent to an activating group) is 1. The molecule has 5 nitrogen and oxygen atoms in total. The molecule has 0 saturated carbocycles. The number of halogens is 2. The van der Waals surface area contributed by atoms with Crippen LogP contribution in [-0.4, -0.2) is 42.4 Å². The van der Waals surface area contributed by atoms with E-state index in [1.807, 2.05) is 30.2 Å². The summed E-state index contributed by atoms with van der Waals surface area (Å²) in [4.78, 5) is 15.7. The van der Waals surface area contributed by atoms with Crippen LogP contribution in [-0.2, 0) is 11.3 Å². The van der Waals surface area contributed by atoms with Crippen molar-refractivity contribution in [2.75, 3.05) is 26.7 Å². The summed E-state index contributed by atoms with van der Waals surface area (Å²) in [5.74, 6) is -0.0990. The molecule has 1 aromatic carbocycles. The standard InChI is InChI=1S/C16H18Cl2N4O/c1-21(11-13-4-5-14(17)15(18)10-13)12-16(23)22(8-2-6-19)9-3-7-20/h4-5,10H,2-3,8-9,11-12H2,1H3. The van der Waals surface area contributed by atoms with Gasteiger partial charge in [-0.1, -0.05) is 29.3 Å². The highest BCUT2D eigenvalue weighted by Crippen LogP contribution is 2.23. The quantitative estimate of drug-likeness (QED) is 0.720. The molecular weight excluding hydrogens is 335 g/mol. The van der Waals surface area contributed by atoms with E-state index in [2.05, 4.69) is 0 Å². The molecule has 0 fully saturated rings. The van der Waals surface area contributed by atoms with Gasteiger partial charge in [0.1, 0.15) is 0 Å². The summed E-state index contributed by atoms with van der Waals surface area (Å²) in [6, 6.07) is 9.39. The smallest absolute Gasteiger partial charge is 0.236 e. The van der Waals surface area contributed by atoms with E-state index in [1.54, 1.807) is 17.0 Å². The van der Waals surface area contributed by atoms with E-state index in [4.69, 9.17) is 33.7 Å². The normalized spacial score (nSPS) is 10.2. The highest BCUT2D eigenvalue weighted by Gasteiger charge is 2.15. The van der Waals surface area contributed by atoms with Gasteiger partial charge >= 0.3 is 0 Å². The SMILES string of the molecule is CN(CC(=O)N(CCC#N)CCC#N)Cc1ccc(Cl)c(Cl)c1. The third-order valence-electron chi connectivity index (χ3n) is 3.18. The fraction of sp³-hybridized carbons (Fsp3) is 0.438. The van der Waals surface area contributed by atoms with Gasteiger partial charge in [0.25, 0.3) is 0 Å². The second-order valence-corrected chi connectivity index (χ2v) is 5.93. The van der Waals surface area contributed by atoms with Crippen LogP contribution in [0.25, 0.3) is 0 Å². The molecule has 0 bridgehead atoms. The van der Waals surface area contributed by atoms with Gasteiger partial charge in [0.2, 0.25) is 5.91 Å². The molecule has 23 heavy (non-hydrogen) atoms. The number of hydrogen-bond acceptors (Lipinski definition) is 4. The van der Waals surface area contributed by atoms with Crippen molar-refractivity contribution < 1.29 is 4.79 Å². The summed E-state index contributed by atoms with van der Waals surface area (Å²) < 4.78 is 0. The number of nitrogens with zero attached hydrogens (tertiary/aromatic N) is 4. The van der Waals surface area contributed by atoms with Crippen LogP contribution in [0.4, 0.5) is 0 Å². The maximum atomic E-state index is 12.3. The second kappa shape index (κ2) is 10.1. The van der Waals surface area contributed by atoms with Gasteiger partial charge in [-0.2, -0.15) is 10.5 Å². The van der Waals surface area contributed by atoms with Crippen LogP contribution in [0.15, 0.2) is 18.2 Å². The summed E-state index contributed by atoms with van der Waals surface area (Å²) >= 11 is 11.9. The first-order valence-corrected chi connectivity index (χ1v) is 7.87. The molecule has 0 aliphatic carbocycles. The van der Waals surface area contributed by atoms with Crippen molar-refractivity contribution in [1.29, 1.82) is 10.5 Å². The lowest BCUT2D eigenvalue weighted by atomic mass is 10.2. The van der Waals surface area contributed by atoms with Crippen LogP contribution in [0.2, 0.25) is 10.0 Å². The molecule has 0 saturated heterocycles. The zero-order valence-corrected chi connectivity index (χ0v) is 14.4. The van der Waals surface area contributed by atoms with Crippen molar-refractivity contribution in [1.82, 2.24) is 9.80 Å². The molecule has 1 rings (SSSR count). The van der Waals surface area contributed by atoms with Gasteiger partial charge in [-0.3, -0.25) is 9.69 Å². The molecule has 0 aliphatic heterocycles. The van der Waals surface area contributed by atoms with E-state index >= 15 is 0 Å². The van der Waals surface area contributed by atoms with Gasteiger partial charge in [-0.15, -0.1) is 0 Å². The number of benzene rings is 1.